The average molecular weight is 243 g/mol. The fraction of sp³-hybridized carbons (Fsp3) is 0.308. The molecule has 0 radical (unpaired) electrons. The van der Waals surface area contributed by atoms with Crippen molar-refractivity contribution in [1.29, 1.82) is 5.26 Å². The molecule has 0 heterocycles. The Hall–Kier alpha value is -2.35. The van der Waals surface area contributed by atoms with Gasteiger partial charge in [-0.15, -0.1) is 0 Å². The maximum Gasteiger partial charge on any atom is 0.233 e. The van der Waals surface area contributed by atoms with Gasteiger partial charge in [0.15, 0.2) is 0 Å². The van der Waals surface area contributed by atoms with Crippen molar-refractivity contribution in [1.82, 2.24) is 5.32 Å². The Kier molecular flexibility index (Phi) is 3.58. The normalized spacial score (nSPS) is 13.5. The second kappa shape index (κ2) is 5.32. The SMILES string of the molecule is N#Cc1ccccc1NC(=O)CC(=O)NC1CC1. The number of rotatable bonds is 4. The first-order valence-corrected chi connectivity index (χ1v) is 5.77. The molecule has 5 nitrogen and oxygen atoms in total. The highest BCUT2D eigenvalue weighted by Gasteiger charge is 2.24. The third-order valence-corrected chi connectivity index (χ3v) is 2.59. The lowest BCUT2D eigenvalue weighted by molar-refractivity contribution is -0.126. The van der Waals surface area contributed by atoms with E-state index in [9.17, 15) is 9.59 Å². The van der Waals surface area contributed by atoms with Crippen LogP contribution in [-0.4, -0.2) is 17.9 Å². The second-order valence-electron chi connectivity index (χ2n) is 4.22. The van der Waals surface area contributed by atoms with E-state index in [1.807, 2.05) is 6.07 Å². The molecule has 0 atom stereocenters. The van der Waals surface area contributed by atoms with Crippen LogP contribution < -0.4 is 10.6 Å². The molecule has 1 aliphatic rings. The van der Waals surface area contributed by atoms with Crippen molar-refractivity contribution >= 4 is 17.5 Å². The van der Waals surface area contributed by atoms with E-state index in [1.54, 1.807) is 24.3 Å². The lowest BCUT2D eigenvalue weighted by Gasteiger charge is -2.06. The summed E-state index contributed by atoms with van der Waals surface area (Å²) in [7, 11) is 0. The third kappa shape index (κ3) is 3.32. The zero-order valence-corrected chi connectivity index (χ0v) is 9.77. The number of carbonyl (C=O) groups excluding carboxylic acids is 2. The molecule has 0 bridgehead atoms. The van der Waals surface area contributed by atoms with Crippen LogP contribution in [-0.2, 0) is 9.59 Å². The van der Waals surface area contributed by atoms with E-state index in [2.05, 4.69) is 10.6 Å². The first-order valence-electron chi connectivity index (χ1n) is 5.77. The standard InChI is InChI=1S/C13H13N3O2/c14-8-9-3-1-2-4-11(9)16-13(18)7-12(17)15-10-5-6-10/h1-4,10H,5-7H2,(H,15,17)(H,16,18). The van der Waals surface area contributed by atoms with Crippen molar-refractivity contribution in [3.63, 3.8) is 0 Å². The summed E-state index contributed by atoms with van der Waals surface area (Å²) in [5.74, 6) is -0.680. The lowest BCUT2D eigenvalue weighted by Crippen LogP contribution is -2.29. The highest BCUT2D eigenvalue weighted by molar-refractivity contribution is 6.04. The smallest absolute Gasteiger partial charge is 0.233 e. The van der Waals surface area contributed by atoms with Crippen LogP contribution in [0.15, 0.2) is 24.3 Å². The van der Waals surface area contributed by atoms with Crippen molar-refractivity contribution in [2.75, 3.05) is 5.32 Å². The molecule has 5 heteroatoms. The molecule has 2 N–H and O–H groups in total. The Bertz CT molecular complexity index is 515. The summed E-state index contributed by atoms with van der Waals surface area (Å²) in [5.41, 5.74) is 0.817. The van der Waals surface area contributed by atoms with Crippen molar-refractivity contribution < 1.29 is 9.59 Å². The predicted octanol–water partition coefficient (Wildman–Crippen LogP) is 1.17. The number of amides is 2. The fourth-order valence-corrected chi connectivity index (χ4v) is 1.54. The summed E-state index contributed by atoms with van der Waals surface area (Å²) in [6.07, 6.45) is 1.77. The molecule has 0 aliphatic heterocycles. The molecule has 2 rings (SSSR count). The topological polar surface area (TPSA) is 82.0 Å². The highest BCUT2D eigenvalue weighted by atomic mass is 16.2. The molecule has 2 amide bonds. The van der Waals surface area contributed by atoms with Crippen molar-refractivity contribution in [3.05, 3.63) is 29.8 Å². The fourth-order valence-electron chi connectivity index (χ4n) is 1.54. The minimum Gasteiger partial charge on any atom is -0.353 e. The van der Waals surface area contributed by atoms with Crippen LogP contribution in [0.2, 0.25) is 0 Å². The van der Waals surface area contributed by atoms with Crippen molar-refractivity contribution in [3.8, 4) is 6.07 Å². The molecule has 1 fully saturated rings. The van der Waals surface area contributed by atoms with Crippen LogP contribution >= 0.6 is 0 Å². The van der Waals surface area contributed by atoms with Gasteiger partial charge in [-0.1, -0.05) is 12.1 Å². The van der Waals surface area contributed by atoms with E-state index in [0.717, 1.165) is 12.8 Å². The van der Waals surface area contributed by atoms with E-state index < -0.39 is 5.91 Å². The summed E-state index contributed by atoms with van der Waals surface area (Å²) < 4.78 is 0. The number of anilines is 1. The number of para-hydroxylation sites is 1. The number of hydrogen-bond acceptors (Lipinski definition) is 3. The van der Waals surface area contributed by atoms with Gasteiger partial charge in [-0.2, -0.15) is 5.26 Å². The van der Waals surface area contributed by atoms with E-state index in [-0.39, 0.29) is 18.4 Å². The van der Waals surface area contributed by atoms with Crippen molar-refractivity contribution in [2.24, 2.45) is 0 Å². The quantitative estimate of drug-likeness (QED) is 0.779. The van der Waals surface area contributed by atoms with E-state index in [1.165, 1.54) is 0 Å². The van der Waals surface area contributed by atoms with Gasteiger partial charge in [0.05, 0.1) is 11.3 Å². The number of carbonyl (C=O) groups is 2. The third-order valence-electron chi connectivity index (χ3n) is 2.59. The van der Waals surface area contributed by atoms with Crippen LogP contribution in [0.1, 0.15) is 24.8 Å². The molecule has 0 unspecified atom stereocenters. The molecular weight excluding hydrogens is 230 g/mol. The van der Waals surface area contributed by atoms with Crippen LogP contribution in [0.25, 0.3) is 0 Å². The van der Waals surface area contributed by atoms with Crippen LogP contribution in [0, 0.1) is 11.3 Å². The van der Waals surface area contributed by atoms with Gasteiger partial charge >= 0.3 is 0 Å². The Morgan fingerprint density at radius 3 is 2.67 bits per heavy atom. The largest absolute Gasteiger partial charge is 0.353 e. The maximum absolute atomic E-state index is 11.6. The minimum atomic E-state index is -0.407. The maximum atomic E-state index is 11.6. The summed E-state index contributed by atoms with van der Waals surface area (Å²) in [6, 6.07) is 8.91. The Morgan fingerprint density at radius 1 is 1.28 bits per heavy atom. The van der Waals surface area contributed by atoms with Crippen LogP contribution in [0.4, 0.5) is 5.69 Å². The molecule has 18 heavy (non-hydrogen) atoms. The molecule has 1 aliphatic carbocycles. The number of nitrogens with zero attached hydrogens (tertiary/aromatic N) is 1. The average Bonchev–Trinajstić information content (AvgIpc) is 3.13. The molecule has 0 aromatic heterocycles. The van der Waals surface area contributed by atoms with Gasteiger partial charge in [0.25, 0.3) is 0 Å². The Morgan fingerprint density at radius 2 is 2.00 bits per heavy atom. The summed E-state index contributed by atoms with van der Waals surface area (Å²) in [5, 5.41) is 14.2. The van der Waals surface area contributed by atoms with E-state index in [0.29, 0.717) is 11.3 Å². The molecule has 0 spiro atoms. The van der Waals surface area contributed by atoms with E-state index in [4.69, 9.17) is 5.26 Å². The lowest BCUT2D eigenvalue weighted by atomic mass is 10.2. The molecule has 92 valence electrons. The van der Waals surface area contributed by atoms with Gasteiger partial charge in [-0.25, -0.2) is 0 Å². The predicted molar refractivity (Wildman–Crippen MR) is 65.6 cm³/mol. The second-order valence-corrected chi connectivity index (χ2v) is 4.22. The summed E-state index contributed by atoms with van der Waals surface area (Å²) >= 11 is 0. The first-order chi connectivity index (χ1) is 8.69. The summed E-state index contributed by atoms with van der Waals surface area (Å²) in [4.78, 5) is 23.0. The van der Waals surface area contributed by atoms with Crippen molar-refractivity contribution in [2.45, 2.75) is 25.3 Å². The van der Waals surface area contributed by atoms with Gasteiger partial charge in [0.2, 0.25) is 11.8 Å². The van der Waals surface area contributed by atoms with Gasteiger partial charge in [-0.05, 0) is 25.0 Å². The first kappa shape index (κ1) is 12.1. The Balaban J connectivity index is 1.90. The van der Waals surface area contributed by atoms with Crippen LogP contribution in [0.3, 0.4) is 0 Å². The number of nitrogens with one attached hydrogen (secondary N) is 2. The van der Waals surface area contributed by atoms with Gasteiger partial charge < -0.3 is 10.6 Å². The number of nitriles is 1. The zero-order valence-electron chi connectivity index (χ0n) is 9.77. The Labute approximate surface area is 105 Å². The van der Waals surface area contributed by atoms with Gasteiger partial charge in [-0.3, -0.25) is 9.59 Å². The van der Waals surface area contributed by atoms with Gasteiger partial charge in [0.1, 0.15) is 12.5 Å². The molecule has 1 aromatic rings. The zero-order chi connectivity index (χ0) is 13.0. The number of benzene rings is 1. The highest BCUT2D eigenvalue weighted by Crippen LogP contribution is 2.18. The molecule has 1 aromatic carbocycles. The monoisotopic (exact) mass is 243 g/mol. The number of hydrogen-bond donors (Lipinski definition) is 2. The minimum absolute atomic E-state index is 0.212. The molecular formula is C13H13N3O2. The molecule has 1 saturated carbocycles. The molecule has 0 saturated heterocycles. The van der Waals surface area contributed by atoms with Crippen LogP contribution in [0.5, 0.6) is 0 Å². The summed E-state index contributed by atoms with van der Waals surface area (Å²) in [6.45, 7) is 0. The van der Waals surface area contributed by atoms with E-state index >= 15 is 0 Å². The van der Waals surface area contributed by atoms with Gasteiger partial charge in [0, 0.05) is 6.04 Å².